The number of nitrogens with zero attached hydrogens (tertiary/aromatic N) is 2. The van der Waals surface area contributed by atoms with Crippen LogP contribution in [0.1, 0.15) is 5.56 Å². The van der Waals surface area contributed by atoms with E-state index in [9.17, 15) is 4.39 Å². The lowest BCUT2D eigenvalue weighted by molar-refractivity contribution is 0.621. The second-order valence-electron chi connectivity index (χ2n) is 2.43. The molecule has 0 unspecified atom stereocenters. The first kappa shape index (κ1) is 10.4. The van der Waals surface area contributed by atoms with E-state index < -0.39 is 5.82 Å². The van der Waals surface area contributed by atoms with Crippen LogP contribution in [0.5, 0.6) is 0 Å². The molecule has 4 heteroatoms. The molecular formula is C10H4BrFN2. The smallest absolute Gasteiger partial charge is 0.227 e. The van der Waals surface area contributed by atoms with Crippen LogP contribution in [0.2, 0.25) is 0 Å². The third kappa shape index (κ3) is 2.42. The monoisotopic (exact) mass is 250 g/mol. The van der Waals surface area contributed by atoms with Crippen LogP contribution in [0.4, 0.5) is 4.39 Å². The SMILES string of the molecule is [C-]#[N+]/C(C#N)=C\c1ccc(Br)c(F)c1. The summed E-state index contributed by atoms with van der Waals surface area (Å²) in [5, 5.41) is 8.48. The minimum absolute atomic E-state index is 0.0632. The molecule has 1 aromatic rings. The van der Waals surface area contributed by atoms with Gasteiger partial charge < -0.3 is 0 Å². The van der Waals surface area contributed by atoms with E-state index in [1.54, 1.807) is 12.1 Å². The molecule has 0 aromatic heterocycles. The molecule has 0 bridgehead atoms. The average Bonchev–Trinajstić information content (AvgIpc) is 2.19. The number of nitriles is 1. The summed E-state index contributed by atoms with van der Waals surface area (Å²) in [6.45, 7) is 6.64. The molecule has 0 saturated carbocycles. The maximum absolute atomic E-state index is 13.0. The molecule has 0 spiro atoms. The van der Waals surface area contributed by atoms with Gasteiger partial charge in [-0.05, 0) is 39.7 Å². The number of hydrogen-bond donors (Lipinski definition) is 0. The van der Waals surface area contributed by atoms with Crippen molar-refractivity contribution in [2.75, 3.05) is 0 Å². The lowest BCUT2D eigenvalue weighted by Crippen LogP contribution is -1.80. The Balaban J connectivity index is 3.13. The van der Waals surface area contributed by atoms with Crippen molar-refractivity contribution in [1.82, 2.24) is 0 Å². The molecule has 68 valence electrons. The van der Waals surface area contributed by atoms with E-state index in [1.807, 2.05) is 0 Å². The van der Waals surface area contributed by atoms with Crippen molar-refractivity contribution in [3.05, 3.63) is 51.2 Å². The molecule has 2 nitrogen and oxygen atoms in total. The van der Waals surface area contributed by atoms with Crippen LogP contribution in [0.25, 0.3) is 10.9 Å². The Bertz CT molecular complexity index is 450. The first-order chi connectivity index (χ1) is 6.67. The van der Waals surface area contributed by atoms with Crippen LogP contribution in [0.3, 0.4) is 0 Å². The highest BCUT2D eigenvalue weighted by Crippen LogP contribution is 2.18. The van der Waals surface area contributed by atoms with Crippen molar-refractivity contribution in [3.8, 4) is 6.07 Å². The second kappa shape index (κ2) is 4.55. The molecule has 0 amide bonds. The van der Waals surface area contributed by atoms with E-state index in [0.29, 0.717) is 10.0 Å². The van der Waals surface area contributed by atoms with Crippen LogP contribution < -0.4 is 0 Å². The zero-order valence-electron chi connectivity index (χ0n) is 6.96. The molecule has 0 atom stereocenters. The van der Waals surface area contributed by atoms with Gasteiger partial charge in [0.15, 0.2) is 0 Å². The Labute approximate surface area is 89.2 Å². The van der Waals surface area contributed by atoms with Crippen LogP contribution in [-0.4, -0.2) is 0 Å². The summed E-state index contributed by atoms with van der Waals surface area (Å²) in [7, 11) is 0. The molecule has 0 aliphatic rings. The largest absolute Gasteiger partial charge is 0.262 e. The summed E-state index contributed by atoms with van der Waals surface area (Å²) in [5.74, 6) is -0.416. The van der Waals surface area contributed by atoms with Crippen molar-refractivity contribution in [2.24, 2.45) is 0 Å². The zero-order valence-corrected chi connectivity index (χ0v) is 8.55. The van der Waals surface area contributed by atoms with E-state index in [-0.39, 0.29) is 5.70 Å². The third-order valence-corrected chi connectivity index (χ3v) is 2.13. The molecule has 1 aromatic carbocycles. The number of benzene rings is 1. The minimum Gasteiger partial charge on any atom is -0.227 e. The van der Waals surface area contributed by atoms with Crippen molar-refractivity contribution >= 4 is 22.0 Å². The second-order valence-corrected chi connectivity index (χ2v) is 3.28. The first-order valence-corrected chi connectivity index (χ1v) is 4.41. The number of hydrogen-bond acceptors (Lipinski definition) is 1. The van der Waals surface area contributed by atoms with Gasteiger partial charge in [0.05, 0.1) is 17.1 Å². The van der Waals surface area contributed by atoms with E-state index in [2.05, 4.69) is 20.8 Å². The van der Waals surface area contributed by atoms with Gasteiger partial charge in [0.1, 0.15) is 5.82 Å². The Morgan fingerprint density at radius 1 is 1.64 bits per heavy atom. The summed E-state index contributed by atoms with van der Waals surface area (Å²) >= 11 is 3.01. The van der Waals surface area contributed by atoms with Gasteiger partial charge in [-0.15, -0.1) is 0 Å². The van der Waals surface area contributed by atoms with Gasteiger partial charge in [-0.25, -0.2) is 14.5 Å². The average molecular weight is 251 g/mol. The predicted molar refractivity (Wildman–Crippen MR) is 54.3 cm³/mol. The molecule has 0 aliphatic heterocycles. The lowest BCUT2D eigenvalue weighted by Gasteiger charge is -1.96. The molecule has 0 heterocycles. The summed E-state index contributed by atoms with van der Waals surface area (Å²) in [5.41, 5.74) is 0.435. The highest BCUT2D eigenvalue weighted by atomic mass is 79.9. The zero-order chi connectivity index (χ0) is 10.6. The summed E-state index contributed by atoms with van der Waals surface area (Å²) in [6, 6.07) is 6.11. The van der Waals surface area contributed by atoms with Gasteiger partial charge in [-0.1, -0.05) is 6.07 Å². The molecule has 14 heavy (non-hydrogen) atoms. The topological polar surface area (TPSA) is 28.1 Å². The van der Waals surface area contributed by atoms with Gasteiger partial charge in [0.25, 0.3) is 5.70 Å². The fourth-order valence-corrected chi connectivity index (χ4v) is 1.10. The molecule has 1 rings (SSSR count). The van der Waals surface area contributed by atoms with E-state index in [0.717, 1.165) is 0 Å². The Kier molecular flexibility index (Phi) is 3.39. The Morgan fingerprint density at radius 3 is 2.86 bits per heavy atom. The van der Waals surface area contributed by atoms with Crippen molar-refractivity contribution in [1.29, 1.82) is 5.26 Å². The van der Waals surface area contributed by atoms with Crippen LogP contribution in [0, 0.1) is 23.7 Å². The molecule has 0 fully saturated rings. The van der Waals surface area contributed by atoms with Crippen molar-refractivity contribution in [3.63, 3.8) is 0 Å². The van der Waals surface area contributed by atoms with E-state index in [4.69, 9.17) is 11.8 Å². The summed E-state index contributed by atoms with van der Waals surface area (Å²) in [4.78, 5) is 2.97. The van der Waals surface area contributed by atoms with Gasteiger partial charge >= 0.3 is 0 Å². The van der Waals surface area contributed by atoms with Gasteiger partial charge in [0, 0.05) is 0 Å². The summed E-state index contributed by atoms with van der Waals surface area (Å²) in [6.07, 6.45) is 1.34. The molecule has 0 N–H and O–H groups in total. The summed E-state index contributed by atoms with van der Waals surface area (Å²) < 4.78 is 13.4. The lowest BCUT2D eigenvalue weighted by atomic mass is 10.2. The maximum Gasteiger partial charge on any atom is 0.262 e. The first-order valence-electron chi connectivity index (χ1n) is 3.61. The number of rotatable bonds is 1. The van der Waals surface area contributed by atoms with Crippen LogP contribution in [-0.2, 0) is 0 Å². The fourth-order valence-electron chi connectivity index (χ4n) is 0.850. The normalized spacial score (nSPS) is 10.4. The highest BCUT2D eigenvalue weighted by Gasteiger charge is 1.99. The highest BCUT2D eigenvalue weighted by molar-refractivity contribution is 9.10. The van der Waals surface area contributed by atoms with Gasteiger partial charge in [-0.2, -0.15) is 0 Å². The van der Waals surface area contributed by atoms with Crippen LogP contribution in [0.15, 0.2) is 28.4 Å². The van der Waals surface area contributed by atoms with Crippen molar-refractivity contribution < 1.29 is 4.39 Å². The van der Waals surface area contributed by atoms with Gasteiger partial charge in [0.2, 0.25) is 0 Å². The van der Waals surface area contributed by atoms with E-state index >= 15 is 0 Å². The Morgan fingerprint density at radius 2 is 2.36 bits per heavy atom. The predicted octanol–water partition coefficient (Wildman–Crippen LogP) is 3.37. The molecule has 0 saturated heterocycles. The molecule has 0 aliphatic carbocycles. The maximum atomic E-state index is 13.0. The quantitative estimate of drug-likeness (QED) is 0.555. The molecular weight excluding hydrogens is 247 g/mol. The molecule has 0 radical (unpaired) electrons. The third-order valence-electron chi connectivity index (χ3n) is 1.48. The minimum atomic E-state index is -0.416. The fraction of sp³-hybridized carbons (Fsp3) is 0. The van der Waals surface area contributed by atoms with E-state index in [1.165, 1.54) is 18.2 Å². The number of allylic oxidation sites excluding steroid dienone is 1. The van der Waals surface area contributed by atoms with Crippen molar-refractivity contribution in [2.45, 2.75) is 0 Å². The standard InChI is InChI=1S/C10H4BrFN2/c1-14-8(6-13)4-7-2-3-9(11)10(12)5-7/h2-5H/b8-4-. The van der Waals surface area contributed by atoms with Crippen LogP contribution >= 0.6 is 15.9 Å². The number of halogens is 2. The Hall–Kier alpha value is -1.65. The van der Waals surface area contributed by atoms with Gasteiger partial charge in [-0.3, -0.25) is 0 Å².